The molecule has 1 aliphatic heterocycles. The highest BCUT2D eigenvalue weighted by Gasteiger charge is 2.27. The van der Waals surface area contributed by atoms with Gasteiger partial charge in [0.15, 0.2) is 5.78 Å². The third kappa shape index (κ3) is 4.31. The van der Waals surface area contributed by atoms with Crippen LogP contribution in [-0.4, -0.2) is 45.0 Å². The van der Waals surface area contributed by atoms with E-state index >= 15 is 0 Å². The van der Waals surface area contributed by atoms with Crippen molar-refractivity contribution in [2.24, 2.45) is 5.73 Å². The number of Topliss-reactive ketones (excluding diaryl/α,β-unsaturated/α-hetero) is 1. The molecule has 8 heteroatoms. The number of aromatic nitrogens is 2. The Labute approximate surface area is 186 Å². The van der Waals surface area contributed by atoms with Crippen LogP contribution in [0.5, 0.6) is 11.5 Å². The van der Waals surface area contributed by atoms with Gasteiger partial charge >= 0.3 is 0 Å². The number of aromatic amines is 1. The Hall–Kier alpha value is -3.39. The van der Waals surface area contributed by atoms with Crippen LogP contribution in [0.4, 0.5) is 0 Å². The van der Waals surface area contributed by atoms with E-state index in [1.54, 1.807) is 11.0 Å². The lowest BCUT2D eigenvalue weighted by Crippen LogP contribution is -2.25. The molecule has 1 amide bonds. The lowest BCUT2D eigenvalue weighted by atomic mass is 10.0. The molecule has 1 aromatic heterocycles. The van der Waals surface area contributed by atoms with E-state index in [0.717, 1.165) is 36.1 Å². The molecule has 2 heterocycles. The highest BCUT2D eigenvalue weighted by atomic mass is 16.5. The number of hydrogen-bond acceptors (Lipinski definition) is 6. The van der Waals surface area contributed by atoms with E-state index in [0.29, 0.717) is 49.3 Å². The molecule has 1 aliphatic rings. The Kier molecular flexibility index (Phi) is 6.41. The Morgan fingerprint density at radius 1 is 1.19 bits per heavy atom. The summed E-state index contributed by atoms with van der Waals surface area (Å²) in [4.78, 5) is 27.4. The topological polar surface area (TPSA) is 122 Å². The summed E-state index contributed by atoms with van der Waals surface area (Å²) in [5, 5.41) is 18.0. The maximum Gasteiger partial charge on any atom is 0.258 e. The van der Waals surface area contributed by atoms with Crippen LogP contribution in [0.2, 0.25) is 0 Å². The molecule has 0 fully saturated rings. The number of aromatic hydroxyl groups is 1. The van der Waals surface area contributed by atoms with E-state index in [9.17, 15) is 14.7 Å². The number of hydrogen-bond donors (Lipinski definition) is 3. The Morgan fingerprint density at radius 2 is 2.00 bits per heavy atom. The van der Waals surface area contributed by atoms with Crippen molar-refractivity contribution in [1.29, 1.82) is 0 Å². The summed E-state index contributed by atoms with van der Waals surface area (Å²) >= 11 is 0. The number of rotatable bonds is 9. The Balaban J connectivity index is 1.55. The maximum absolute atomic E-state index is 13.3. The number of nitrogens with zero attached hydrogens (tertiary/aromatic N) is 2. The normalized spacial score (nSPS) is 12.9. The van der Waals surface area contributed by atoms with Crippen LogP contribution in [-0.2, 0) is 13.1 Å². The van der Waals surface area contributed by atoms with Gasteiger partial charge in [-0.05, 0) is 48.7 Å². The third-order valence-corrected chi connectivity index (χ3v) is 5.74. The Morgan fingerprint density at radius 3 is 2.78 bits per heavy atom. The number of ketones is 1. The molecule has 0 radical (unpaired) electrons. The summed E-state index contributed by atoms with van der Waals surface area (Å²) in [7, 11) is 0. The molecular formula is C24H28N4O4. The summed E-state index contributed by atoms with van der Waals surface area (Å²) in [6.07, 6.45) is 2.87. The second kappa shape index (κ2) is 9.40. The molecule has 0 unspecified atom stereocenters. The molecule has 2 aromatic carbocycles. The molecule has 0 aliphatic carbocycles. The summed E-state index contributed by atoms with van der Waals surface area (Å²) in [6, 6.07) is 8.83. The molecule has 4 N–H and O–H groups in total. The molecule has 0 spiro atoms. The molecule has 0 atom stereocenters. The number of fused-ring (bicyclic) bond motifs is 2. The van der Waals surface area contributed by atoms with Gasteiger partial charge < -0.3 is 20.5 Å². The van der Waals surface area contributed by atoms with Crippen molar-refractivity contribution < 1.29 is 19.4 Å². The zero-order chi connectivity index (χ0) is 22.7. The molecule has 8 nitrogen and oxygen atoms in total. The number of unbranched alkanes of at least 4 members (excludes halogenated alkanes) is 1. The van der Waals surface area contributed by atoms with E-state index in [1.807, 2.05) is 25.1 Å². The van der Waals surface area contributed by atoms with Gasteiger partial charge in [-0.1, -0.05) is 19.4 Å². The summed E-state index contributed by atoms with van der Waals surface area (Å²) in [6.45, 7) is 4.02. The highest BCUT2D eigenvalue weighted by molar-refractivity contribution is 6.09. The summed E-state index contributed by atoms with van der Waals surface area (Å²) in [5.74, 6) is 0.252. The fraction of sp³-hybridized carbons (Fsp3) is 0.375. The van der Waals surface area contributed by atoms with Crippen molar-refractivity contribution in [2.75, 3.05) is 13.2 Å². The van der Waals surface area contributed by atoms with Crippen molar-refractivity contribution in [1.82, 2.24) is 15.1 Å². The van der Waals surface area contributed by atoms with E-state index in [-0.39, 0.29) is 23.0 Å². The SMILES string of the molecule is CCCCC(=O)c1n[nH]c2cc(O)c(C(=O)N3Cc4ccc(OCCCN)cc4C3)cc12. The minimum absolute atomic E-state index is 0.0714. The quantitative estimate of drug-likeness (QED) is 0.348. The van der Waals surface area contributed by atoms with E-state index in [4.69, 9.17) is 10.5 Å². The first-order valence-electron chi connectivity index (χ1n) is 11.0. The van der Waals surface area contributed by atoms with Crippen LogP contribution in [0.25, 0.3) is 10.9 Å². The maximum atomic E-state index is 13.3. The minimum Gasteiger partial charge on any atom is -0.507 e. The number of amides is 1. The number of H-pyrrole nitrogens is 1. The first-order valence-corrected chi connectivity index (χ1v) is 11.0. The smallest absolute Gasteiger partial charge is 0.258 e. The predicted octanol–water partition coefficient (Wildman–Crippen LogP) is 3.53. The molecule has 0 saturated carbocycles. The highest BCUT2D eigenvalue weighted by Crippen LogP contribution is 2.32. The van der Waals surface area contributed by atoms with Gasteiger partial charge in [0.2, 0.25) is 0 Å². The number of carbonyl (C=O) groups excluding carboxylic acids is 2. The molecule has 4 rings (SSSR count). The number of nitrogens with two attached hydrogens (primary N) is 1. The fourth-order valence-electron chi connectivity index (χ4n) is 3.94. The fourth-order valence-corrected chi connectivity index (χ4v) is 3.94. The number of nitrogens with one attached hydrogen (secondary N) is 1. The van der Waals surface area contributed by atoms with Gasteiger partial charge in [-0.15, -0.1) is 0 Å². The average molecular weight is 437 g/mol. The van der Waals surface area contributed by atoms with Crippen molar-refractivity contribution in [3.8, 4) is 11.5 Å². The van der Waals surface area contributed by atoms with Gasteiger partial charge in [0.1, 0.15) is 17.2 Å². The van der Waals surface area contributed by atoms with Crippen molar-refractivity contribution >= 4 is 22.6 Å². The van der Waals surface area contributed by atoms with Crippen LogP contribution >= 0.6 is 0 Å². The van der Waals surface area contributed by atoms with Crippen molar-refractivity contribution in [3.63, 3.8) is 0 Å². The van der Waals surface area contributed by atoms with Gasteiger partial charge in [-0.25, -0.2) is 0 Å². The number of ether oxygens (including phenoxy) is 1. The summed E-state index contributed by atoms with van der Waals surface area (Å²) in [5.41, 5.74) is 8.57. The minimum atomic E-state index is -0.292. The molecule has 0 saturated heterocycles. The first-order chi connectivity index (χ1) is 15.5. The second-order valence-electron chi connectivity index (χ2n) is 8.10. The lowest BCUT2D eigenvalue weighted by molar-refractivity contribution is 0.0748. The molecule has 0 bridgehead atoms. The second-order valence-corrected chi connectivity index (χ2v) is 8.10. The van der Waals surface area contributed by atoms with Crippen LogP contribution in [0.1, 0.15) is 64.6 Å². The van der Waals surface area contributed by atoms with Gasteiger partial charge in [0.25, 0.3) is 5.91 Å². The average Bonchev–Trinajstić information content (AvgIpc) is 3.40. The monoisotopic (exact) mass is 436 g/mol. The number of carbonyl (C=O) groups is 2. The largest absolute Gasteiger partial charge is 0.507 e. The van der Waals surface area contributed by atoms with Crippen LogP contribution in [0, 0.1) is 0 Å². The summed E-state index contributed by atoms with van der Waals surface area (Å²) < 4.78 is 5.71. The standard InChI is InChI=1S/C24H28N4O4/c1-2-3-5-21(29)23-18-11-19(22(30)12-20(18)26-27-23)24(31)28-13-15-6-7-17(10-16(15)14-28)32-9-4-8-25/h6-7,10-12,30H,2-5,8-9,13-14,25H2,1H3,(H,26,27). The molecule has 32 heavy (non-hydrogen) atoms. The molecular weight excluding hydrogens is 408 g/mol. The van der Waals surface area contributed by atoms with Crippen LogP contribution < -0.4 is 10.5 Å². The van der Waals surface area contributed by atoms with Gasteiger partial charge in [-0.3, -0.25) is 14.7 Å². The molecule has 168 valence electrons. The zero-order valence-electron chi connectivity index (χ0n) is 18.2. The van der Waals surface area contributed by atoms with Gasteiger partial charge in [0.05, 0.1) is 17.7 Å². The number of phenolic OH excluding ortho intramolecular Hbond substituents is 1. The van der Waals surface area contributed by atoms with E-state index in [2.05, 4.69) is 10.2 Å². The third-order valence-electron chi connectivity index (χ3n) is 5.74. The van der Waals surface area contributed by atoms with Crippen molar-refractivity contribution in [2.45, 2.75) is 45.7 Å². The molecule has 3 aromatic rings. The first kappa shape index (κ1) is 21.8. The van der Waals surface area contributed by atoms with Crippen LogP contribution in [0.3, 0.4) is 0 Å². The Bertz CT molecular complexity index is 1150. The van der Waals surface area contributed by atoms with Crippen LogP contribution in [0.15, 0.2) is 30.3 Å². The van der Waals surface area contributed by atoms with Crippen molar-refractivity contribution in [3.05, 3.63) is 52.7 Å². The van der Waals surface area contributed by atoms with E-state index < -0.39 is 0 Å². The lowest BCUT2D eigenvalue weighted by Gasteiger charge is -2.16. The van der Waals surface area contributed by atoms with E-state index in [1.165, 1.54) is 6.07 Å². The van der Waals surface area contributed by atoms with Gasteiger partial charge in [0, 0.05) is 31.0 Å². The predicted molar refractivity (Wildman–Crippen MR) is 121 cm³/mol. The number of benzene rings is 2. The van der Waals surface area contributed by atoms with Gasteiger partial charge in [-0.2, -0.15) is 5.10 Å². The number of phenols is 1. The zero-order valence-corrected chi connectivity index (χ0v) is 18.2.